The van der Waals surface area contributed by atoms with Crippen LogP contribution in [-0.2, 0) is 23.4 Å². The van der Waals surface area contributed by atoms with Crippen molar-refractivity contribution in [3.05, 3.63) is 23.8 Å². The quantitative estimate of drug-likeness (QED) is 0.302. The molecule has 1 unspecified atom stereocenters. The molecule has 9 heteroatoms. The van der Waals surface area contributed by atoms with Gasteiger partial charge >= 0.3 is 19.8 Å². The molecule has 0 aliphatic rings. The molecule has 0 aromatic carbocycles. The highest BCUT2D eigenvalue weighted by atomic mass is 31.2. The van der Waals surface area contributed by atoms with Crippen molar-refractivity contribution >= 4 is 19.8 Å². The van der Waals surface area contributed by atoms with Gasteiger partial charge in [-0.15, -0.1) is 0 Å². The van der Waals surface area contributed by atoms with Gasteiger partial charge in [0.1, 0.15) is 0 Å². The summed E-state index contributed by atoms with van der Waals surface area (Å²) in [6, 6.07) is 0. The highest BCUT2D eigenvalue weighted by Gasteiger charge is 2.22. The van der Waals surface area contributed by atoms with Gasteiger partial charge in [0.05, 0.1) is 0 Å². The molecule has 0 bridgehead atoms. The summed E-state index contributed by atoms with van der Waals surface area (Å²) in [4.78, 5) is 37.4. The summed E-state index contributed by atoms with van der Waals surface area (Å²) in [5.41, 5.74) is 1.15. The number of carbonyl (C=O) groups is 2. The molecular weight excluding hydrogens is 291 g/mol. The fourth-order valence-electron chi connectivity index (χ4n) is 0.658. The van der Waals surface area contributed by atoms with E-state index in [9.17, 15) is 14.2 Å². The van der Waals surface area contributed by atoms with Gasteiger partial charge < -0.3 is 19.6 Å². The predicted molar refractivity (Wildman–Crippen MR) is 70.6 cm³/mol. The molecule has 8 nitrogen and oxygen atoms in total. The molecule has 0 spiro atoms. The van der Waals surface area contributed by atoms with Crippen LogP contribution in [0.3, 0.4) is 0 Å². The van der Waals surface area contributed by atoms with Gasteiger partial charge in [0.2, 0.25) is 6.29 Å². The van der Waals surface area contributed by atoms with Gasteiger partial charge in [-0.2, -0.15) is 0 Å². The van der Waals surface area contributed by atoms with Gasteiger partial charge in [-0.25, -0.2) is 18.7 Å². The lowest BCUT2D eigenvalue weighted by Crippen LogP contribution is -2.18. The topological polar surface area (TPSA) is 130 Å². The first kappa shape index (κ1) is 20.8. The van der Waals surface area contributed by atoms with E-state index in [0.29, 0.717) is 5.57 Å². The summed E-state index contributed by atoms with van der Waals surface area (Å²) in [6.45, 7) is 9.20. The lowest BCUT2D eigenvalue weighted by atomic mass is 10.2. The largest absolute Gasteiger partial charge is 0.478 e. The third kappa shape index (κ3) is 13.0. The highest BCUT2D eigenvalue weighted by molar-refractivity contribution is 7.46. The maximum absolute atomic E-state index is 11.3. The van der Waals surface area contributed by atoms with E-state index in [4.69, 9.17) is 14.9 Å². The molecule has 0 aliphatic heterocycles. The van der Waals surface area contributed by atoms with E-state index in [1.165, 1.54) is 6.92 Å². The van der Waals surface area contributed by atoms with Gasteiger partial charge in [0.15, 0.2) is 0 Å². The second-order valence-electron chi connectivity index (χ2n) is 3.74. The monoisotopic (exact) mass is 310 g/mol. The first-order valence-electron chi connectivity index (χ1n) is 5.35. The number of carboxylic acids is 1. The third-order valence-corrected chi connectivity index (χ3v) is 2.36. The molecule has 0 saturated heterocycles. The number of hydrogen-bond donors (Lipinski definition) is 3. The van der Waals surface area contributed by atoms with Gasteiger partial charge in [0, 0.05) is 11.6 Å². The predicted octanol–water partition coefficient (Wildman–Crippen LogP) is 1.60. The van der Waals surface area contributed by atoms with E-state index < -0.39 is 26.1 Å². The number of aliphatic carboxylic acids is 1. The van der Waals surface area contributed by atoms with Crippen LogP contribution in [0.2, 0.25) is 0 Å². The summed E-state index contributed by atoms with van der Waals surface area (Å²) >= 11 is 0. The zero-order valence-corrected chi connectivity index (χ0v) is 12.6. The Bertz CT molecular complexity index is 430. The summed E-state index contributed by atoms with van der Waals surface area (Å²) in [7, 11) is -4.63. The minimum absolute atomic E-state index is 0.385. The van der Waals surface area contributed by atoms with E-state index in [2.05, 4.69) is 15.8 Å². The molecule has 0 heterocycles. The fraction of sp³-hybridized carbons (Fsp3) is 0.455. The standard InChI is InChI=1S/C8H15O6P.C3H4O2/c1-5(2)6(3)8(9)13-7(4)14-15(10,11)12;1-2-3(4)5/h7H,1-4H3,(H2,10,11,12);2H,1H2,(H,4,5). The van der Waals surface area contributed by atoms with Crippen LogP contribution in [0, 0.1) is 0 Å². The number of hydrogen-bond acceptors (Lipinski definition) is 5. The van der Waals surface area contributed by atoms with Crippen LogP contribution in [0.15, 0.2) is 23.8 Å². The van der Waals surface area contributed by atoms with Gasteiger partial charge in [-0.1, -0.05) is 12.2 Å². The Kier molecular flexibility index (Phi) is 9.83. The van der Waals surface area contributed by atoms with Crippen LogP contribution in [0.4, 0.5) is 0 Å². The third-order valence-electron chi connectivity index (χ3n) is 1.79. The van der Waals surface area contributed by atoms with Crippen LogP contribution in [-0.4, -0.2) is 33.1 Å². The summed E-state index contributed by atoms with van der Waals surface area (Å²) < 4.78 is 19.2. The van der Waals surface area contributed by atoms with Gasteiger partial charge in [-0.3, -0.25) is 0 Å². The molecule has 0 radical (unpaired) electrons. The zero-order valence-electron chi connectivity index (χ0n) is 11.7. The molecule has 0 aromatic rings. The Morgan fingerprint density at radius 2 is 1.65 bits per heavy atom. The van der Waals surface area contributed by atoms with Crippen LogP contribution in [0.5, 0.6) is 0 Å². The van der Waals surface area contributed by atoms with E-state index in [1.54, 1.807) is 20.8 Å². The average molecular weight is 310 g/mol. The Hall–Kier alpha value is -1.47. The second kappa shape index (κ2) is 9.44. The van der Waals surface area contributed by atoms with E-state index in [-0.39, 0.29) is 0 Å². The summed E-state index contributed by atoms with van der Waals surface area (Å²) in [5.74, 6) is -1.64. The highest BCUT2D eigenvalue weighted by Crippen LogP contribution is 2.37. The number of ether oxygens (including phenoxy) is 1. The van der Waals surface area contributed by atoms with Crippen LogP contribution in [0.25, 0.3) is 0 Å². The Balaban J connectivity index is 0. The molecule has 0 aromatic heterocycles. The average Bonchev–Trinajstić information content (AvgIpc) is 2.25. The number of phosphoric acid groups is 1. The van der Waals surface area contributed by atoms with Crippen molar-refractivity contribution in [2.75, 3.05) is 0 Å². The molecule has 0 rings (SSSR count). The fourth-order valence-corrected chi connectivity index (χ4v) is 1.09. The minimum Gasteiger partial charge on any atom is -0.478 e. The number of rotatable bonds is 5. The first-order chi connectivity index (χ1) is 8.90. The Morgan fingerprint density at radius 1 is 1.25 bits per heavy atom. The number of allylic oxidation sites excluding steroid dienone is 1. The molecule has 0 saturated carbocycles. The molecule has 0 amide bonds. The number of phosphoric ester groups is 1. The van der Waals surface area contributed by atoms with Gasteiger partial charge in [-0.05, 0) is 27.7 Å². The smallest absolute Gasteiger partial charge is 0.472 e. The lowest BCUT2D eigenvalue weighted by molar-refractivity contribution is -0.157. The molecule has 1 atom stereocenters. The van der Waals surface area contributed by atoms with Crippen molar-refractivity contribution in [2.45, 2.75) is 34.0 Å². The van der Waals surface area contributed by atoms with Crippen molar-refractivity contribution < 1.29 is 38.3 Å². The van der Waals surface area contributed by atoms with E-state index >= 15 is 0 Å². The van der Waals surface area contributed by atoms with Crippen LogP contribution < -0.4 is 0 Å². The first-order valence-corrected chi connectivity index (χ1v) is 6.88. The molecule has 0 aliphatic carbocycles. The minimum atomic E-state index is -4.63. The maximum Gasteiger partial charge on any atom is 0.472 e. The van der Waals surface area contributed by atoms with E-state index in [0.717, 1.165) is 11.6 Å². The number of esters is 1. The Morgan fingerprint density at radius 3 is 1.90 bits per heavy atom. The van der Waals surface area contributed by atoms with Crippen LogP contribution >= 0.6 is 7.82 Å². The summed E-state index contributed by atoms with van der Waals surface area (Å²) in [6.07, 6.45) is -0.451. The second-order valence-corrected chi connectivity index (χ2v) is 4.93. The molecule has 0 fully saturated rings. The number of carbonyl (C=O) groups excluding carboxylic acids is 1. The van der Waals surface area contributed by atoms with E-state index in [1.807, 2.05) is 0 Å². The molecular formula is C11H19O8P. The van der Waals surface area contributed by atoms with Crippen molar-refractivity contribution in [1.29, 1.82) is 0 Å². The lowest BCUT2D eigenvalue weighted by Gasteiger charge is -2.14. The molecule has 116 valence electrons. The number of carboxylic acid groups (broad SMARTS) is 1. The van der Waals surface area contributed by atoms with Gasteiger partial charge in [0.25, 0.3) is 0 Å². The normalized spacial score (nSPS) is 11.5. The van der Waals surface area contributed by atoms with Crippen molar-refractivity contribution in [2.24, 2.45) is 0 Å². The maximum atomic E-state index is 11.3. The summed E-state index contributed by atoms with van der Waals surface area (Å²) in [5, 5.41) is 7.60. The Labute approximate surface area is 116 Å². The zero-order chi connectivity index (χ0) is 16.5. The SMILES string of the molecule is C=CC(=O)O.CC(C)=C(C)C(=O)OC(C)OP(=O)(O)O. The van der Waals surface area contributed by atoms with Crippen molar-refractivity contribution in [1.82, 2.24) is 0 Å². The van der Waals surface area contributed by atoms with Crippen molar-refractivity contribution in [3.8, 4) is 0 Å². The van der Waals surface area contributed by atoms with Crippen LogP contribution in [0.1, 0.15) is 27.7 Å². The van der Waals surface area contributed by atoms with Crippen molar-refractivity contribution in [3.63, 3.8) is 0 Å². The molecule has 3 N–H and O–H groups in total. The molecule has 20 heavy (non-hydrogen) atoms.